The van der Waals surface area contributed by atoms with E-state index in [0.717, 1.165) is 6.42 Å². The molecule has 1 aromatic rings. The number of non-ortho nitro benzene ring substituents is 1. The molecule has 0 saturated carbocycles. The maximum Gasteiger partial charge on any atom is 0.338 e. The zero-order valence-electron chi connectivity index (χ0n) is 12.8. The first-order valence-corrected chi connectivity index (χ1v) is 7.01. The highest BCUT2D eigenvalue weighted by Gasteiger charge is 2.48. The summed E-state index contributed by atoms with van der Waals surface area (Å²) in [5.74, 6) is -0.549. The van der Waals surface area contributed by atoms with E-state index < -0.39 is 23.3 Å². The van der Waals surface area contributed by atoms with Crippen LogP contribution in [0.3, 0.4) is 0 Å². The molecule has 0 spiro atoms. The topological polar surface area (TPSA) is 87.9 Å². The molecule has 7 nitrogen and oxygen atoms in total. The highest BCUT2D eigenvalue weighted by Crippen LogP contribution is 2.38. The fourth-order valence-corrected chi connectivity index (χ4v) is 2.37. The molecule has 0 radical (unpaired) electrons. The van der Waals surface area contributed by atoms with Gasteiger partial charge in [-0.2, -0.15) is 0 Å². The van der Waals surface area contributed by atoms with Crippen molar-refractivity contribution in [3.8, 4) is 0 Å². The van der Waals surface area contributed by atoms with Gasteiger partial charge in [-0.05, 0) is 18.6 Å². The number of carbonyl (C=O) groups excluding carboxylic acids is 1. The first-order valence-electron chi connectivity index (χ1n) is 7.01. The molecule has 0 unspecified atom stereocenters. The maximum atomic E-state index is 12.2. The molecule has 0 amide bonds. The number of ether oxygens (including phenoxy) is 3. The lowest BCUT2D eigenvalue weighted by molar-refractivity contribution is -0.384. The molecular formula is C15H19NO6. The molecular weight excluding hydrogens is 290 g/mol. The molecule has 3 atom stereocenters. The molecule has 120 valence electrons. The highest BCUT2D eigenvalue weighted by molar-refractivity contribution is 5.89. The van der Waals surface area contributed by atoms with Crippen LogP contribution in [-0.4, -0.2) is 37.0 Å². The Morgan fingerprint density at radius 2 is 2.09 bits per heavy atom. The summed E-state index contributed by atoms with van der Waals surface area (Å²) in [4.78, 5) is 22.3. The molecule has 2 rings (SSSR count). The summed E-state index contributed by atoms with van der Waals surface area (Å²) in [7, 11) is 1.50. The van der Waals surface area contributed by atoms with E-state index >= 15 is 0 Å². The summed E-state index contributed by atoms with van der Waals surface area (Å²) in [6.07, 6.45) is -0.359. The van der Waals surface area contributed by atoms with E-state index in [4.69, 9.17) is 14.2 Å². The van der Waals surface area contributed by atoms with E-state index in [1.807, 2.05) is 13.8 Å². The van der Waals surface area contributed by atoms with Gasteiger partial charge in [-0.3, -0.25) is 10.1 Å². The quantitative estimate of drug-likeness (QED) is 0.472. The molecule has 1 fully saturated rings. The van der Waals surface area contributed by atoms with Gasteiger partial charge < -0.3 is 14.2 Å². The van der Waals surface area contributed by atoms with Crippen LogP contribution < -0.4 is 0 Å². The van der Waals surface area contributed by atoms with E-state index in [1.165, 1.54) is 31.4 Å². The average molecular weight is 309 g/mol. The molecule has 0 N–H and O–H groups in total. The maximum absolute atomic E-state index is 12.2. The van der Waals surface area contributed by atoms with Gasteiger partial charge in [0.15, 0.2) is 12.4 Å². The third kappa shape index (κ3) is 3.10. The smallest absolute Gasteiger partial charge is 0.338 e. The van der Waals surface area contributed by atoms with Gasteiger partial charge in [0.25, 0.3) is 5.69 Å². The summed E-state index contributed by atoms with van der Waals surface area (Å²) in [6, 6.07) is 5.30. The standard InChI is InChI=1S/C15H19NO6/c1-4-15(2)9-21-14(20-3)12(15)22-13(17)10-5-7-11(8-6-10)16(18)19/h5-8,12,14H,4,9H2,1-3H3/t12-,14+,15+/m1/s1. The summed E-state index contributed by atoms with van der Waals surface area (Å²) >= 11 is 0. The van der Waals surface area contributed by atoms with Crippen molar-refractivity contribution in [3.05, 3.63) is 39.9 Å². The molecule has 1 heterocycles. The Labute approximate surface area is 128 Å². The third-order valence-electron chi connectivity index (χ3n) is 4.10. The predicted octanol–water partition coefficient (Wildman–Crippen LogP) is 2.54. The van der Waals surface area contributed by atoms with E-state index in [1.54, 1.807) is 0 Å². The van der Waals surface area contributed by atoms with Gasteiger partial charge in [-0.15, -0.1) is 0 Å². The summed E-state index contributed by atoms with van der Waals surface area (Å²) in [6.45, 7) is 4.41. The summed E-state index contributed by atoms with van der Waals surface area (Å²) < 4.78 is 16.3. The van der Waals surface area contributed by atoms with Gasteiger partial charge in [-0.25, -0.2) is 4.79 Å². The van der Waals surface area contributed by atoms with E-state index in [9.17, 15) is 14.9 Å². The molecule has 0 aliphatic carbocycles. The van der Waals surface area contributed by atoms with Crippen LogP contribution in [0.15, 0.2) is 24.3 Å². The minimum Gasteiger partial charge on any atom is -0.453 e. The Bertz CT molecular complexity index is 558. The van der Waals surface area contributed by atoms with Crippen molar-refractivity contribution >= 4 is 11.7 Å². The van der Waals surface area contributed by atoms with Crippen molar-refractivity contribution in [2.75, 3.05) is 13.7 Å². The number of benzene rings is 1. The number of hydrogen-bond acceptors (Lipinski definition) is 6. The van der Waals surface area contributed by atoms with E-state index in [0.29, 0.717) is 6.61 Å². The van der Waals surface area contributed by atoms with Gasteiger partial charge in [0, 0.05) is 24.7 Å². The van der Waals surface area contributed by atoms with Crippen LogP contribution in [0, 0.1) is 15.5 Å². The summed E-state index contributed by atoms with van der Waals surface area (Å²) in [5, 5.41) is 10.6. The lowest BCUT2D eigenvalue weighted by Crippen LogP contribution is -2.39. The Kier molecular flexibility index (Phi) is 4.77. The number of nitrogens with zero attached hydrogens (tertiary/aromatic N) is 1. The van der Waals surface area contributed by atoms with Crippen molar-refractivity contribution in [2.45, 2.75) is 32.7 Å². The Morgan fingerprint density at radius 1 is 1.45 bits per heavy atom. The second-order valence-electron chi connectivity index (χ2n) is 5.55. The molecule has 0 bridgehead atoms. The summed E-state index contributed by atoms with van der Waals surface area (Å²) in [5.41, 5.74) is -0.142. The minimum absolute atomic E-state index is 0.0751. The zero-order chi connectivity index (χ0) is 16.3. The number of methoxy groups -OCH3 is 1. The number of esters is 1. The number of nitro groups is 1. The molecule has 0 aromatic heterocycles. The van der Waals surface area contributed by atoms with Crippen molar-refractivity contribution in [2.24, 2.45) is 5.41 Å². The van der Waals surface area contributed by atoms with Crippen LogP contribution in [-0.2, 0) is 14.2 Å². The number of carbonyl (C=O) groups is 1. The average Bonchev–Trinajstić information content (AvgIpc) is 2.84. The molecule has 1 aromatic carbocycles. The van der Waals surface area contributed by atoms with Crippen molar-refractivity contribution < 1.29 is 23.9 Å². The number of rotatable bonds is 5. The van der Waals surface area contributed by atoms with E-state index in [2.05, 4.69) is 0 Å². The zero-order valence-corrected chi connectivity index (χ0v) is 12.8. The second-order valence-corrected chi connectivity index (χ2v) is 5.55. The SMILES string of the molecule is CC[C@@]1(C)CO[C@H](OC)[C@H]1OC(=O)c1ccc([N+](=O)[O-])cc1. The monoisotopic (exact) mass is 309 g/mol. The molecule has 7 heteroatoms. The van der Waals surface area contributed by atoms with Crippen LogP contribution in [0.1, 0.15) is 30.6 Å². The first-order chi connectivity index (χ1) is 10.4. The number of nitro benzene ring substituents is 1. The van der Waals surface area contributed by atoms with Crippen LogP contribution in [0.4, 0.5) is 5.69 Å². The Morgan fingerprint density at radius 3 is 2.59 bits per heavy atom. The van der Waals surface area contributed by atoms with Gasteiger partial charge in [-0.1, -0.05) is 13.8 Å². The van der Waals surface area contributed by atoms with Gasteiger partial charge in [0.05, 0.1) is 17.1 Å². The minimum atomic E-state index is -0.605. The fraction of sp³-hybridized carbons (Fsp3) is 0.533. The lowest BCUT2D eigenvalue weighted by atomic mass is 9.84. The van der Waals surface area contributed by atoms with Crippen LogP contribution >= 0.6 is 0 Å². The van der Waals surface area contributed by atoms with Crippen molar-refractivity contribution in [1.29, 1.82) is 0 Å². The van der Waals surface area contributed by atoms with Crippen LogP contribution in [0.5, 0.6) is 0 Å². The lowest BCUT2D eigenvalue weighted by Gasteiger charge is -2.29. The van der Waals surface area contributed by atoms with Gasteiger partial charge >= 0.3 is 5.97 Å². The van der Waals surface area contributed by atoms with Gasteiger partial charge in [0.1, 0.15) is 0 Å². The Balaban J connectivity index is 2.14. The molecule has 1 aliphatic rings. The Hall–Kier alpha value is -1.99. The van der Waals surface area contributed by atoms with Crippen molar-refractivity contribution in [1.82, 2.24) is 0 Å². The van der Waals surface area contributed by atoms with E-state index in [-0.39, 0.29) is 16.7 Å². The largest absolute Gasteiger partial charge is 0.453 e. The third-order valence-corrected chi connectivity index (χ3v) is 4.10. The van der Waals surface area contributed by atoms with Crippen molar-refractivity contribution in [3.63, 3.8) is 0 Å². The second kappa shape index (κ2) is 6.41. The first kappa shape index (κ1) is 16.4. The van der Waals surface area contributed by atoms with Crippen LogP contribution in [0.25, 0.3) is 0 Å². The molecule has 1 saturated heterocycles. The normalized spacial score (nSPS) is 27.6. The molecule has 22 heavy (non-hydrogen) atoms. The highest BCUT2D eigenvalue weighted by atomic mass is 16.7. The predicted molar refractivity (Wildman–Crippen MR) is 77.4 cm³/mol. The molecule has 1 aliphatic heterocycles. The van der Waals surface area contributed by atoms with Crippen LogP contribution in [0.2, 0.25) is 0 Å². The van der Waals surface area contributed by atoms with Gasteiger partial charge in [0.2, 0.25) is 0 Å². The number of hydrogen-bond donors (Lipinski definition) is 0. The fourth-order valence-electron chi connectivity index (χ4n) is 2.37.